The Hall–Kier alpha value is -1.79. The number of hydrogen-bond acceptors (Lipinski definition) is 5. The van der Waals surface area contributed by atoms with Crippen molar-refractivity contribution in [3.63, 3.8) is 0 Å². The van der Waals surface area contributed by atoms with E-state index in [9.17, 15) is 0 Å². The Kier molecular flexibility index (Phi) is 5.08. The van der Waals surface area contributed by atoms with Gasteiger partial charge in [-0.05, 0) is 45.1 Å². The maximum absolute atomic E-state index is 5.50. The lowest BCUT2D eigenvalue weighted by Gasteiger charge is -2.36. The van der Waals surface area contributed by atoms with Gasteiger partial charge in [0, 0.05) is 56.5 Å². The number of H-pyrrole nitrogens is 1. The minimum Gasteiger partial charge on any atom is -0.381 e. The van der Waals surface area contributed by atoms with E-state index in [0.717, 1.165) is 48.6 Å². The van der Waals surface area contributed by atoms with Crippen molar-refractivity contribution in [1.82, 2.24) is 24.8 Å². The second kappa shape index (κ2) is 7.62. The first kappa shape index (κ1) is 16.7. The summed E-state index contributed by atoms with van der Waals surface area (Å²) < 4.78 is 5.50. The monoisotopic (exact) mass is 341 g/mol. The van der Waals surface area contributed by atoms with Crippen LogP contribution in [0.3, 0.4) is 0 Å². The molecule has 0 aliphatic carbocycles. The number of imidazole rings is 1. The number of piperidine rings is 1. The molecule has 6 heteroatoms. The second-order valence-electron chi connectivity index (χ2n) is 7.36. The molecular formula is C19H27N5O. The number of ether oxygens (including phenoxy) is 1. The largest absolute Gasteiger partial charge is 0.381 e. The minimum absolute atomic E-state index is 0.433. The summed E-state index contributed by atoms with van der Waals surface area (Å²) in [6.07, 6.45) is 10.2. The zero-order valence-electron chi connectivity index (χ0n) is 14.9. The van der Waals surface area contributed by atoms with Crippen LogP contribution in [0, 0.1) is 12.8 Å². The molecule has 2 aliphatic heterocycles. The van der Waals surface area contributed by atoms with Crippen LogP contribution in [-0.2, 0) is 4.74 Å². The summed E-state index contributed by atoms with van der Waals surface area (Å²) in [7, 11) is 0. The van der Waals surface area contributed by atoms with Gasteiger partial charge in [0.1, 0.15) is 5.69 Å². The van der Waals surface area contributed by atoms with Crippen LogP contribution in [0.25, 0.3) is 11.5 Å². The maximum atomic E-state index is 5.50. The Morgan fingerprint density at radius 2 is 2.00 bits per heavy atom. The van der Waals surface area contributed by atoms with Crippen LogP contribution in [0.2, 0.25) is 0 Å². The molecule has 4 heterocycles. The van der Waals surface area contributed by atoms with Gasteiger partial charge >= 0.3 is 0 Å². The van der Waals surface area contributed by atoms with E-state index in [1.807, 2.05) is 19.3 Å². The summed E-state index contributed by atoms with van der Waals surface area (Å²) in [5.41, 5.74) is 3.05. The number of likely N-dealkylation sites (tertiary alicyclic amines) is 1. The predicted molar refractivity (Wildman–Crippen MR) is 96.3 cm³/mol. The molecule has 0 radical (unpaired) electrons. The van der Waals surface area contributed by atoms with E-state index in [-0.39, 0.29) is 0 Å². The molecule has 0 bridgehead atoms. The SMILES string of the molecule is Cc1cnc(-c2nccnc2C2CCCN(CC3CCOCC3)C2)[nH]1. The van der Waals surface area contributed by atoms with Gasteiger partial charge in [0.15, 0.2) is 5.82 Å². The van der Waals surface area contributed by atoms with Crippen molar-refractivity contribution in [2.75, 3.05) is 32.8 Å². The van der Waals surface area contributed by atoms with Crippen LogP contribution in [0.4, 0.5) is 0 Å². The average Bonchev–Trinajstić information content (AvgIpc) is 3.09. The standard InChI is InChI=1S/C19H27N5O/c1-14-11-22-19(23-14)18-17(20-6-7-21-18)16-3-2-8-24(13-16)12-15-4-9-25-10-5-15/h6-7,11,15-16H,2-5,8-10,12-13H2,1H3,(H,22,23). The number of aromatic nitrogens is 4. The van der Waals surface area contributed by atoms with E-state index >= 15 is 0 Å². The third-order valence-electron chi connectivity index (χ3n) is 5.40. The van der Waals surface area contributed by atoms with E-state index in [2.05, 4.69) is 19.9 Å². The Bertz CT molecular complexity index is 695. The fourth-order valence-electron chi connectivity index (χ4n) is 4.10. The lowest BCUT2D eigenvalue weighted by atomic mass is 9.91. The Morgan fingerprint density at radius 3 is 2.80 bits per heavy atom. The fraction of sp³-hybridized carbons (Fsp3) is 0.632. The second-order valence-corrected chi connectivity index (χ2v) is 7.36. The summed E-state index contributed by atoms with van der Waals surface area (Å²) in [6, 6.07) is 0. The summed E-state index contributed by atoms with van der Waals surface area (Å²) in [4.78, 5) is 19.7. The number of rotatable bonds is 4. The molecule has 1 N–H and O–H groups in total. The van der Waals surface area contributed by atoms with Gasteiger partial charge in [0.2, 0.25) is 0 Å². The molecule has 2 aromatic rings. The summed E-state index contributed by atoms with van der Waals surface area (Å²) in [5, 5.41) is 0. The van der Waals surface area contributed by atoms with Crippen molar-refractivity contribution < 1.29 is 4.74 Å². The van der Waals surface area contributed by atoms with Crippen LogP contribution in [0.1, 0.15) is 43.0 Å². The van der Waals surface area contributed by atoms with Crippen molar-refractivity contribution >= 4 is 0 Å². The number of nitrogens with one attached hydrogen (secondary N) is 1. The Morgan fingerprint density at radius 1 is 1.16 bits per heavy atom. The van der Waals surface area contributed by atoms with Crippen LogP contribution >= 0.6 is 0 Å². The molecule has 1 unspecified atom stereocenters. The third kappa shape index (κ3) is 3.90. The van der Waals surface area contributed by atoms with Crippen molar-refractivity contribution in [1.29, 1.82) is 0 Å². The number of aromatic amines is 1. The molecule has 2 fully saturated rings. The van der Waals surface area contributed by atoms with Gasteiger partial charge in [-0.15, -0.1) is 0 Å². The third-order valence-corrected chi connectivity index (χ3v) is 5.40. The van der Waals surface area contributed by atoms with Crippen LogP contribution in [-0.4, -0.2) is 57.7 Å². The van der Waals surface area contributed by atoms with Crippen LogP contribution in [0.15, 0.2) is 18.6 Å². The first-order valence-electron chi connectivity index (χ1n) is 9.42. The number of nitrogens with zero attached hydrogens (tertiary/aromatic N) is 4. The highest BCUT2D eigenvalue weighted by atomic mass is 16.5. The fourth-order valence-corrected chi connectivity index (χ4v) is 4.10. The van der Waals surface area contributed by atoms with E-state index < -0.39 is 0 Å². The van der Waals surface area contributed by atoms with Crippen molar-refractivity contribution in [3.8, 4) is 11.5 Å². The highest BCUT2D eigenvalue weighted by Gasteiger charge is 2.27. The zero-order chi connectivity index (χ0) is 17.1. The molecule has 0 aromatic carbocycles. The normalized spacial score (nSPS) is 23.0. The first-order valence-corrected chi connectivity index (χ1v) is 9.42. The first-order chi connectivity index (χ1) is 12.3. The molecule has 25 heavy (non-hydrogen) atoms. The molecule has 2 aromatic heterocycles. The zero-order valence-corrected chi connectivity index (χ0v) is 14.9. The molecule has 2 saturated heterocycles. The van der Waals surface area contributed by atoms with Crippen molar-refractivity contribution in [3.05, 3.63) is 30.0 Å². The Balaban J connectivity index is 1.49. The van der Waals surface area contributed by atoms with Gasteiger partial charge in [-0.2, -0.15) is 0 Å². The quantitative estimate of drug-likeness (QED) is 0.926. The molecule has 4 rings (SSSR count). The van der Waals surface area contributed by atoms with E-state index in [1.54, 1.807) is 6.20 Å². The summed E-state index contributed by atoms with van der Waals surface area (Å²) in [5.74, 6) is 2.05. The van der Waals surface area contributed by atoms with Crippen molar-refractivity contribution in [2.45, 2.75) is 38.5 Å². The molecule has 2 aliphatic rings. The number of aryl methyl sites for hydroxylation is 1. The van der Waals surface area contributed by atoms with E-state index in [0.29, 0.717) is 5.92 Å². The van der Waals surface area contributed by atoms with Gasteiger partial charge in [-0.25, -0.2) is 9.97 Å². The number of hydrogen-bond donors (Lipinski definition) is 1. The lowest BCUT2D eigenvalue weighted by molar-refractivity contribution is 0.0482. The van der Waals surface area contributed by atoms with Gasteiger partial charge in [-0.3, -0.25) is 4.98 Å². The smallest absolute Gasteiger partial charge is 0.158 e. The molecule has 0 saturated carbocycles. The molecule has 0 amide bonds. The van der Waals surface area contributed by atoms with Gasteiger partial charge in [0.25, 0.3) is 0 Å². The van der Waals surface area contributed by atoms with Crippen LogP contribution in [0.5, 0.6) is 0 Å². The average molecular weight is 341 g/mol. The maximum Gasteiger partial charge on any atom is 0.158 e. The summed E-state index contributed by atoms with van der Waals surface area (Å²) in [6.45, 7) is 7.33. The van der Waals surface area contributed by atoms with Crippen LogP contribution < -0.4 is 0 Å². The predicted octanol–water partition coefficient (Wildman–Crippen LogP) is 2.78. The highest BCUT2D eigenvalue weighted by Crippen LogP contribution is 2.31. The van der Waals surface area contributed by atoms with Gasteiger partial charge in [-0.1, -0.05) is 0 Å². The topological polar surface area (TPSA) is 66.9 Å². The summed E-state index contributed by atoms with van der Waals surface area (Å²) >= 11 is 0. The highest BCUT2D eigenvalue weighted by molar-refractivity contribution is 5.53. The molecule has 134 valence electrons. The van der Waals surface area contributed by atoms with Gasteiger partial charge < -0.3 is 14.6 Å². The van der Waals surface area contributed by atoms with Crippen molar-refractivity contribution in [2.24, 2.45) is 5.92 Å². The molecule has 0 spiro atoms. The lowest BCUT2D eigenvalue weighted by Crippen LogP contribution is -2.39. The molecule has 6 nitrogen and oxygen atoms in total. The van der Waals surface area contributed by atoms with E-state index in [4.69, 9.17) is 9.72 Å². The molecular weight excluding hydrogens is 314 g/mol. The van der Waals surface area contributed by atoms with E-state index in [1.165, 1.54) is 38.8 Å². The van der Waals surface area contributed by atoms with Gasteiger partial charge in [0.05, 0.1) is 5.69 Å². The Labute approximate surface area is 149 Å². The minimum atomic E-state index is 0.433. The molecule has 1 atom stereocenters.